The maximum Gasteiger partial charge on any atom is 0.410 e. The first-order chi connectivity index (χ1) is 40.9. The maximum atomic E-state index is 14.4. The first-order valence-corrected chi connectivity index (χ1v) is 29.1. The molecule has 10 rings (SSSR count). The van der Waals surface area contributed by atoms with Crippen molar-refractivity contribution in [3.8, 4) is 39.6 Å². The van der Waals surface area contributed by atoms with Crippen LogP contribution >= 0.6 is 0 Å². The third-order valence-electron chi connectivity index (χ3n) is 15.0. The summed E-state index contributed by atoms with van der Waals surface area (Å²) in [5, 5.41) is 11.8. The fraction of sp³-hybridized carbons (Fsp3) is 0.391. The molecule has 8 atom stereocenters. The lowest BCUT2D eigenvalue weighted by atomic mass is 9.95. The Morgan fingerprint density at radius 2 is 0.791 bits per heavy atom. The van der Waals surface area contributed by atoms with E-state index >= 15 is 0 Å². The van der Waals surface area contributed by atoms with Crippen molar-refractivity contribution in [2.24, 2.45) is 23.5 Å². The molecule has 6 aromatic rings. The fourth-order valence-electron chi connectivity index (χ4n) is 10.3. The molecule has 0 unspecified atom stereocenters. The van der Waals surface area contributed by atoms with Crippen LogP contribution in [0, 0.1) is 29.2 Å². The van der Waals surface area contributed by atoms with Crippen molar-refractivity contribution in [3.63, 3.8) is 0 Å². The predicted octanol–water partition coefficient (Wildman–Crippen LogP) is 13.2. The lowest BCUT2D eigenvalue weighted by Crippen LogP contribution is -2.36. The third kappa shape index (κ3) is 19.4. The number of benzene rings is 6. The van der Waals surface area contributed by atoms with Crippen molar-refractivity contribution in [2.45, 2.75) is 103 Å². The van der Waals surface area contributed by atoms with Gasteiger partial charge in [-0.3, -0.25) is 14.4 Å². The van der Waals surface area contributed by atoms with Crippen molar-refractivity contribution in [2.75, 3.05) is 52.4 Å². The number of amides is 2. The molecule has 0 aliphatic carbocycles. The van der Waals surface area contributed by atoms with Crippen LogP contribution in [-0.2, 0) is 9.47 Å². The van der Waals surface area contributed by atoms with Crippen LogP contribution in [0.5, 0.6) is 0 Å². The van der Waals surface area contributed by atoms with Crippen molar-refractivity contribution in [1.29, 1.82) is 5.26 Å². The summed E-state index contributed by atoms with van der Waals surface area (Å²) in [5.41, 5.74) is 12.5. The second-order valence-electron chi connectivity index (χ2n) is 24.2. The second-order valence-corrected chi connectivity index (χ2v) is 24.2. The van der Waals surface area contributed by atoms with E-state index in [0.29, 0.717) is 36.3 Å². The van der Waals surface area contributed by atoms with E-state index in [1.807, 2.05) is 146 Å². The van der Waals surface area contributed by atoms with E-state index in [2.05, 4.69) is 5.32 Å². The highest BCUT2D eigenvalue weighted by molar-refractivity contribution is 5.98. The Labute approximate surface area is 502 Å². The number of halogens is 4. The average Bonchev–Trinajstić information content (AvgIpc) is 4.00. The van der Waals surface area contributed by atoms with E-state index < -0.39 is 66.0 Å². The molecule has 0 saturated carbocycles. The van der Waals surface area contributed by atoms with Crippen LogP contribution in [-0.4, -0.2) is 139 Å². The van der Waals surface area contributed by atoms with Crippen LogP contribution in [0.15, 0.2) is 164 Å². The smallest absolute Gasteiger partial charge is 0.410 e. The first-order valence-electron chi connectivity index (χ1n) is 29.1. The SMILES string of the molecule is CC(C)(C)OC(=O)N1C[C@H](CC(=O)c2ccc(-c3ccccc3)cc2)[C@@H](F)C1.CC(C)(C)OC(=O)N1C[C@H](N)[C@@H](F)C1.N#CN1C[C@H](CC(=O)c2ccc(-c3ccccc3)cc2)[C@@H](F)C1.O=C(C[C@H]1CNC[C@@H]1F)c1ccc(-c2ccccc2)cc1. The van der Waals surface area contributed by atoms with Gasteiger partial charge < -0.3 is 35.2 Å². The number of carbonyl (C=O) groups excluding carboxylic acids is 5. The number of hydrogen-bond acceptors (Lipinski definition) is 11. The largest absolute Gasteiger partial charge is 0.444 e. The number of carbonyl (C=O) groups is 5. The summed E-state index contributed by atoms with van der Waals surface area (Å²) in [7, 11) is 0. The summed E-state index contributed by atoms with van der Waals surface area (Å²) in [6.45, 7) is 12.5. The van der Waals surface area contributed by atoms with Gasteiger partial charge in [-0.2, -0.15) is 5.26 Å². The van der Waals surface area contributed by atoms with Crippen molar-refractivity contribution in [3.05, 3.63) is 180 Å². The molecule has 2 amide bonds. The van der Waals surface area contributed by atoms with Crippen LogP contribution in [0.2, 0.25) is 0 Å². The Morgan fingerprint density at radius 3 is 1.12 bits per heavy atom. The fourth-order valence-corrected chi connectivity index (χ4v) is 10.3. The molecular formula is C69H78F4N6O7. The number of nitriles is 1. The van der Waals surface area contributed by atoms with Gasteiger partial charge in [-0.15, -0.1) is 0 Å². The van der Waals surface area contributed by atoms with E-state index in [4.69, 9.17) is 20.5 Å². The van der Waals surface area contributed by atoms with E-state index in [9.17, 15) is 41.5 Å². The minimum Gasteiger partial charge on any atom is -0.444 e. The van der Waals surface area contributed by atoms with Crippen LogP contribution in [0.1, 0.15) is 91.9 Å². The number of ether oxygens (including phenoxy) is 2. The van der Waals surface area contributed by atoms with Gasteiger partial charge in [0.1, 0.15) is 35.9 Å². The van der Waals surface area contributed by atoms with Crippen molar-refractivity contribution in [1.82, 2.24) is 20.0 Å². The zero-order valence-corrected chi connectivity index (χ0v) is 49.7. The molecule has 0 aromatic heterocycles. The number of ketones is 3. The van der Waals surface area contributed by atoms with Crippen LogP contribution < -0.4 is 11.1 Å². The molecule has 0 bridgehead atoms. The molecule has 6 aromatic carbocycles. The number of nitrogens with two attached hydrogens (primary N) is 1. The first kappa shape index (κ1) is 65.3. The van der Waals surface area contributed by atoms with Crippen LogP contribution in [0.3, 0.4) is 0 Å². The molecule has 0 spiro atoms. The molecule has 4 fully saturated rings. The number of likely N-dealkylation sites (tertiary alicyclic amines) is 3. The van der Waals surface area contributed by atoms with Crippen molar-refractivity contribution < 1.29 is 51.0 Å². The summed E-state index contributed by atoms with van der Waals surface area (Å²) < 4.78 is 65.1. The highest BCUT2D eigenvalue weighted by Crippen LogP contribution is 2.30. The summed E-state index contributed by atoms with van der Waals surface area (Å²) >= 11 is 0. The maximum absolute atomic E-state index is 14.4. The number of Topliss-reactive ketones (excluding diaryl/α,β-unsaturated/α-hetero) is 3. The molecule has 4 aliphatic heterocycles. The van der Waals surface area contributed by atoms with E-state index in [0.717, 1.165) is 33.4 Å². The summed E-state index contributed by atoms with van der Waals surface area (Å²) in [5.74, 6) is -1.25. The second kappa shape index (κ2) is 30.2. The van der Waals surface area contributed by atoms with Gasteiger partial charge in [0.05, 0.1) is 25.7 Å². The normalized spacial score (nSPS) is 21.5. The number of rotatable bonds is 12. The van der Waals surface area contributed by atoms with Gasteiger partial charge >= 0.3 is 12.2 Å². The average molecular weight is 1180 g/mol. The quantitative estimate of drug-likeness (QED) is 0.0678. The third-order valence-corrected chi connectivity index (χ3v) is 15.0. The minimum atomic E-state index is -1.22. The molecular weight excluding hydrogens is 1100 g/mol. The standard InChI is InChI=1S/C23H26FNO3.C19H17FN2O.C18H18FNO.C9H17FN2O2/c1-23(2,3)28-22(27)25-14-19(20(24)15-25)13-21(26)18-11-9-17(10-12-18)16-7-5-4-6-8-16;20-18-12-22(13-21)11-17(18)10-19(23)16-8-6-15(7-9-16)14-4-2-1-3-5-14;19-17-12-20-11-16(17)10-18(21)15-8-6-14(7-9-15)13-4-2-1-3-5-13;1-9(2,3)14-8(13)12-4-6(10)7(11)5-12/h4-12,19-20H,13-15H2,1-3H3;1-9,17-18H,10-12H2;1-9,16-17,20H,10-12H2;6-7H,4-5,11H2,1-3H3/t19-,20-;17-,18-;16-,17-;6-,7-/m0000/s1. The molecule has 454 valence electrons. The highest BCUT2D eigenvalue weighted by atomic mass is 19.1. The Morgan fingerprint density at radius 1 is 0.453 bits per heavy atom. The van der Waals surface area contributed by atoms with Crippen LogP contribution in [0.25, 0.3) is 33.4 Å². The monoisotopic (exact) mass is 1180 g/mol. The Bertz CT molecular complexity index is 3200. The molecule has 13 nitrogen and oxygen atoms in total. The van der Waals surface area contributed by atoms with Crippen LogP contribution in [0.4, 0.5) is 27.2 Å². The number of nitrogens with zero attached hydrogens (tertiary/aromatic N) is 4. The summed E-state index contributed by atoms with van der Waals surface area (Å²) in [6.07, 6.45) is -2.96. The Hall–Kier alpha value is -8.20. The summed E-state index contributed by atoms with van der Waals surface area (Å²) in [4.78, 5) is 64.7. The van der Waals surface area contributed by atoms with Crippen molar-refractivity contribution >= 4 is 29.5 Å². The lowest BCUT2D eigenvalue weighted by molar-refractivity contribution is 0.0272. The van der Waals surface area contributed by atoms with Gasteiger partial charge in [0, 0.05) is 86.4 Å². The molecule has 17 heteroatoms. The summed E-state index contributed by atoms with van der Waals surface area (Å²) in [6, 6.07) is 51.6. The highest BCUT2D eigenvalue weighted by Gasteiger charge is 2.39. The minimum absolute atomic E-state index is 0.0194. The van der Waals surface area contributed by atoms with E-state index in [1.54, 1.807) is 65.8 Å². The molecule has 86 heavy (non-hydrogen) atoms. The predicted molar refractivity (Wildman–Crippen MR) is 326 cm³/mol. The number of nitrogens with one attached hydrogen (secondary N) is 1. The molecule has 4 heterocycles. The molecule has 4 saturated heterocycles. The van der Waals surface area contributed by atoms with Gasteiger partial charge in [-0.25, -0.2) is 27.2 Å². The topological polar surface area (TPSA) is 175 Å². The van der Waals surface area contributed by atoms with Gasteiger partial charge in [0.25, 0.3) is 0 Å². The number of hydrogen-bond donors (Lipinski definition) is 2. The zero-order valence-electron chi connectivity index (χ0n) is 49.7. The van der Waals surface area contributed by atoms with E-state index in [1.165, 1.54) is 14.7 Å². The number of alkyl halides is 4. The zero-order chi connectivity index (χ0) is 62.1. The van der Waals surface area contributed by atoms with Gasteiger partial charge in [-0.1, -0.05) is 164 Å². The van der Waals surface area contributed by atoms with E-state index in [-0.39, 0.29) is 75.3 Å². The molecule has 4 aliphatic rings. The Kier molecular flexibility index (Phi) is 23.0. The van der Waals surface area contributed by atoms with Gasteiger partial charge in [0.2, 0.25) is 0 Å². The van der Waals surface area contributed by atoms with Gasteiger partial charge in [0.15, 0.2) is 23.5 Å². The van der Waals surface area contributed by atoms with Gasteiger partial charge in [-0.05, 0) is 74.9 Å². The molecule has 0 radical (unpaired) electrons. The molecule has 3 N–H and O–H groups in total. The lowest BCUT2D eigenvalue weighted by Gasteiger charge is -2.24. The Balaban J connectivity index is 0.000000168.